The summed E-state index contributed by atoms with van der Waals surface area (Å²) >= 11 is 1.40. The first-order valence-corrected chi connectivity index (χ1v) is 7.54. The van der Waals surface area contributed by atoms with Crippen LogP contribution in [0.4, 0.5) is 0 Å². The molecule has 0 aliphatic carbocycles. The first-order valence-electron chi connectivity index (χ1n) is 6.55. The SMILES string of the molecule is CC(=O)SCCCCCCc1ccc(C(=O)O)cc1. The molecule has 1 rings (SSSR count). The highest BCUT2D eigenvalue weighted by Gasteiger charge is 2.01. The highest BCUT2D eigenvalue weighted by atomic mass is 32.2. The van der Waals surface area contributed by atoms with Gasteiger partial charge in [-0.25, -0.2) is 4.79 Å². The third kappa shape index (κ3) is 7.01. The largest absolute Gasteiger partial charge is 0.478 e. The van der Waals surface area contributed by atoms with Gasteiger partial charge in [-0.15, -0.1) is 0 Å². The Morgan fingerprint density at radius 1 is 1.05 bits per heavy atom. The molecule has 1 N–H and O–H groups in total. The van der Waals surface area contributed by atoms with E-state index in [1.807, 2.05) is 12.1 Å². The van der Waals surface area contributed by atoms with Crippen molar-refractivity contribution in [1.29, 1.82) is 0 Å². The second kappa shape index (κ2) is 8.75. The van der Waals surface area contributed by atoms with E-state index >= 15 is 0 Å². The molecule has 1 aromatic rings. The fourth-order valence-electron chi connectivity index (χ4n) is 1.81. The Morgan fingerprint density at radius 3 is 2.26 bits per heavy atom. The number of carbonyl (C=O) groups excluding carboxylic acids is 1. The molecule has 104 valence electrons. The van der Waals surface area contributed by atoms with E-state index in [0.29, 0.717) is 5.56 Å². The minimum absolute atomic E-state index is 0.193. The number of benzene rings is 1. The number of hydrogen-bond donors (Lipinski definition) is 1. The molecular weight excluding hydrogens is 260 g/mol. The van der Waals surface area contributed by atoms with Crippen LogP contribution < -0.4 is 0 Å². The van der Waals surface area contributed by atoms with Gasteiger partial charge in [0.1, 0.15) is 0 Å². The number of thioether (sulfide) groups is 1. The van der Waals surface area contributed by atoms with Crippen molar-refractivity contribution in [2.45, 2.75) is 39.0 Å². The van der Waals surface area contributed by atoms with Crippen molar-refractivity contribution >= 4 is 22.8 Å². The molecule has 4 heteroatoms. The molecule has 0 aliphatic rings. The van der Waals surface area contributed by atoms with Crippen molar-refractivity contribution < 1.29 is 14.7 Å². The van der Waals surface area contributed by atoms with Gasteiger partial charge in [0.15, 0.2) is 5.12 Å². The molecular formula is C15H20O3S. The summed E-state index contributed by atoms with van der Waals surface area (Å²) in [5.74, 6) is 0.0392. The van der Waals surface area contributed by atoms with Crippen molar-refractivity contribution in [3.63, 3.8) is 0 Å². The molecule has 1 aromatic carbocycles. The molecule has 19 heavy (non-hydrogen) atoms. The lowest BCUT2D eigenvalue weighted by molar-refractivity contribution is -0.109. The second-order valence-electron chi connectivity index (χ2n) is 4.51. The van der Waals surface area contributed by atoms with Crippen LogP contribution in [0.5, 0.6) is 0 Å². The van der Waals surface area contributed by atoms with Crippen molar-refractivity contribution in [2.75, 3.05) is 5.75 Å². The van der Waals surface area contributed by atoms with E-state index < -0.39 is 5.97 Å². The zero-order valence-electron chi connectivity index (χ0n) is 11.2. The van der Waals surface area contributed by atoms with Crippen LogP contribution in [0.1, 0.15) is 48.5 Å². The minimum atomic E-state index is -0.880. The van der Waals surface area contributed by atoms with E-state index in [1.165, 1.54) is 17.3 Å². The van der Waals surface area contributed by atoms with E-state index in [1.54, 1.807) is 19.1 Å². The Kier molecular flexibility index (Phi) is 7.26. The smallest absolute Gasteiger partial charge is 0.335 e. The van der Waals surface area contributed by atoms with Gasteiger partial charge >= 0.3 is 5.97 Å². The predicted molar refractivity (Wildman–Crippen MR) is 78.7 cm³/mol. The van der Waals surface area contributed by atoms with Gasteiger partial charge in [0.05, 0.1) is 5.56 Å². The topological polar surface area (TPSA) is 54.4 Å². The van der Waals surface area contributed by atoms with Crippen LogP contribution in [-0.4, -0.2) is 21.9 Å². The summed E-state index contributed by atoms with van der Waals surface area (Å²) in [6, 6.07) is 7.08. The maximum atomic E-state index is 10.7. The molecule has 0 spiro atoms. The molecule has 3 nitrogen and oxygen atoms in total. The minimum Gasteiger partial charge on any atom is -0.478 e. The fraction of sp³-hybridized carbons (Fsp3) is 0.467. The van der Waals surface area contributed by atoms with E-state index in [4.69, 9.17) is 5.11 Å². The van der Waals surface area contributed by atoms with Crippen molar-refractivity contribution in [2.24, 2.45) is 0 Å². The van der Waals surface area contributed by atoms with Crippen LogP contribution in [0.3, 0.4) is 0 Å². The highest BCUT2D eigenvalue weighted by molar-refractivity contribution is 8.13. The first-order chi connectivity index (χ1) is 9.09. The monoisotopic (exact) mass is 280 g/mol. The molecule has 0 saturated heterocycles. The summed E-state index contributed by atoms with van der Waals surface area (Å²) in [5, 5.41) is 8.98. The normalized spacial score (nSPS) is 10.4. The predicted octanol–water partition coefficient (Wildman–Crippen LogP) is 3.77. The molecule has 0 heterocycles. The molecule has 0 atom stereocenters. The summed E-state index contributed by atoms with van der Waals surface area (Å²) in [6.45, 7) is 1.60. The van der Waals surface area contributed by atoms with E-state index in [-0.39, 0.29) is 5.12 Å². The summed E-state index contributed by atoms with van der Waals surface area (Å²) < 4.78 is 0. The molecule has 0 aliphatic heterocycles. The number of carbonyl (C=O) groups is 2. The Labute approximate surface area is 118 Å². The standard InChI is InChI=1S/C15H20O3S/c1-12(16)19-11-5-3-2-4-6-13-7-9-14(10-8-13)15(17)18/h7-10H,2-6,11H2,1H3,(H,17,18). The Balaban J connectivity index is 2.12. The number of rotatable bonds is 8. The van der Waals surface area contributed by atoms with Crippen LogP contribution >= 0.6 is 11.8 Å². The number of carboxylic acid groups (broad SMARTS) is 1. The molecule has 0 radical (unpaired) electrons. The van der Waals surface area contributed by atoms with Gasteiger partial charge in [-0.2, -0.15) is 0 Å². The number of unbranched alkanes of at least 4 members (excludes halogenated alkanes) is 3. The fourth-order valence-corrected chi connectivity index (χ4v) is 2.45. The van der Waals surface area contributed by atoms with Gasteiger partial charge in [0.2, 0.25) is 0 Å². The van der Waals surface area contributed by atoms with Gasteiger partial charge in [-0.3, -0.25) is 4.79 Å². The zero-order valence-corrected chi connectivity index (χ0v) is 12.0. The van der Waals surface area contributed by atoms with Crippen LogP contribution in [-0.2, 0) is 11.2 Å². The Hall–Kier alpha value is -1.29. The lowest BCUT2D eigenvalue weighted by Gasteiger charge is -2.02. The molecule has 0 saturated carbocycles. The Morgan fingerprint density at radius 2 is 1.68 bits per heavy atom. The van der Waals surface area contributed by atoms with Crippen LogP contribution in [0, 0.1) is 0 Å². The first kappa shape index (κ1) is 15.8. The molecule has 0 unspecified atom stereocenters. The third-order valence-electron chi connectivity index (χ3n) is 2.87. The van der Waals surface area contributed by atoms with Crippen molar-refractivity contribution in [3.05, 3.63) is 35.4 Å². The van der Waals surface area contributed by atoms with Crippen LogP contribution in [0.25, 0.3) is 0 Å². The number of aryl methyl sites for hydroxylation is 1. The third-order valence-corrected chi connectivity index (χ3v) is 3.77. The van der Waals surface area contributed by atoms with Crippen LogP contribution in [0.15, 0.2) is 24.3 Å². The lowest BCUT2D eigenvalue weighted by atomic mass is 10.0. The number of carboxylic acids is 1. The summed E-state index contributed by atoms with van der Waals surface area (Å²) in [5.41, 5.74) is 1.52. The summed E-state index contributed by atoms with van der Waals surface area (Å²) in [4.78, 5) is 21.4. The average Bonchev–Trinajstić information content (AvgIpc) is 2.38. The van der Waals surface area contributed by atoms with E-state index in [9.17, 15) is 9.59 Å². The second-order valence-corrected chi connectivity index (χ2v) is 5.78. The molecule has 0 bridgehead atoms. The Bertz CT molecular complexity index is 412. The maximum absolute atomic E-state index is 10.7. The quantitative estimate of drug-likeness (QED) is 0.736. The van der Waals surface area contributed by atoms with Gasteiger partial charge in [0, 0.05) is 12.7 Å². The summed E-state index contributed by atoms with van der Waals surface area (Å²) in [6.07, 6.45) is 5.48. The highest BCUT2D eigenvalue weighted by Crippen LogP contribution is 2.12. The molecule has 0 amide bonds. The average molecular weight is 280 g/mol. The number of hydrogen-bond acceptors (Lipinski definition) is 3. The molecule has 0 fully saturated rings. The van der Waals surface area contributed by atoms with E-state index in [2.05, 4.69) is 0 Å². The van der Waals surface area contributed by atoms with Gasteiger partial charge in [-0.05, 0) is 37.0 Å². The van der Waals surface area contributed by atoms with Crippen molar-refractivity contribution in [3.8, 4) is 0 Å². The van der Waals surface area contributed by atoms with Gasteiger partial charge < -0.3 is 5.11 Å². The van der Waals surface area contributed by atoms with Gasteiger partial charge in [-0.1, -0.05) is 36.7 Å². The molecule has 0 aromatic heterocycles. The number of aromatic carboxylic acids is 1. The van der Waals surface area contributed by atoms with Crippen LogP contribution in [0.2, 0.25) is 0 Å². The zero-order chi connectivity index (χ0) is 14.1. The summed E-state index contributed by atoms with van der Waals surface area (Å²) in [7, 11) is 0. The van der Waals surface area contributed by atoms with E-state index in [0.717, 1.165) is 37.9 Å². The van der Waals surface area contributed by atoms with Gasteiger partial charge in [0.25, 0.3) is 0 Å². The maximum Gasteiger partial charge on any atom is 0.335 e. The van der Waals surface area contributed by atoms with Crippen molar-refractivity contribution in [1.82, 2.24) is 0 Å². The lowest BCUT2D eigenvalue weighted by Crippen LogP contribution is -1.96.